The fourth-order valence-electron chi connectivity index (χ4n) is 5.97. The molecule has 4 atom stereocenters. The number of rotatable bonds is 9. The zero-order valence-electron chi connectivity index (χ0n) is 23.4. The van der Waals surface area contributed by atoms with Crippen LogP contribution in [0.25, 0.3) is 10.9 Å². The molecule has 3 heterocycles. The third-order valence-corrected chi connectivity index (χ3v) is 8.49. The highest BCUT2D eigenvalue weighted by Crippen LogP contribution is 2.30. The van der Waals surface area contributed by atoms with Crippen LogP contribution in [0.3, 0.4) is 0 Å². The van der Waals surface area contributed by atoms with Gasteiger partial charge in [0.1, 0.15) is 17.5 Å². The maximum Gasteiger partial charge on any atom is 0.271 e. The summed E-state index contributed by atoms with van der Waals surface area (Å²) in [6.45, 7) is 0.714. The molecule has 3 aliphatic rings. The van der Waals surface area contributed by atoms with E-state index in [0.717, 1.165) is 34.9 Å². The van der Waals surface area contributed by atoms with Gasteiger partial charge in [-0.1, -0.05) is 30.3 Å². The smallest absolute Gasteiger partial charge is 0.271 e. The normalized spacial score (nSPS) is 21.3. The van der Waals surface area contributed by atoms with Crippen LogP contribution in [0.4, 0.5) is 0 Å². The number of H-pyrrole nitrogens is 1. The number of nitrogens with zero attached hydrogens (tertiary/aromatic N) is 1. The molecule has 1 saturated carbocycles. The molecule has 2 fully saturated rings. The number of carbonyl (C=O) groups is 4. The van der Waals surface area contributed by atoms with Gasteiger partial charge >= 0.3 is 0 Å². The molecular formula is C31H35N5O6. The predicted molar refractivity (Wildman–Crippen MR) is 153 cm³/mol. The number of methoxy groups -OCH3 is 1. The molecule has 2 unspecified atom stereocenters. The molecule has 0 bridgehead atoms. The first-order valence-electron chi connectivity index (χ1n) is 14.4. The van der Waals surface area contributed by atoms with Gasteiger partial charge in [-0.3, -0.25) is 19.2 Å². The first kappa shape index (κ1) is 27.8. The number of aliphatic hydroxyl groups excluding tert-OH is 1. The van der Waals surface area contributed by atoms with E-state index in [1.807, 2.05) is 42.5 Å². The molecule has 11 heteroatoms. The Morgan fingerprint density at radius 3 is 2.60 bits per heavy atom. The fourth-order valence-corrected chi connectivity index (χ4v) is 5.97. The molecule has 42 heavy (non-hydrogen) atoms. The largest absolute Gasteiger partial charge is 0.496 e. The van der Waals surface area contributed by atoms with E-state index in [1.165, 1.54) is 4.90 Å². The lowest BCUT2D eigenvalue weighted by Gasteiger charge is -2.37. The van der Waals surface area contributed by atoms with E-state index in [2.05, 4.69) is 20.9 Å². The Morgan fingerprint density at radius 1 is 1.10 bits per heavy atom. The van der Waals surface area contributed by atoms with E-state index in [9.17, 15) is 24.3 Å². The van der Waals surface area contributed by atoms with E-state index >= 15 is 0 Å². The number of hydrogen-bond donors (Lipinski definition) is 5. The van der Waals surface area contributed by atoms with Crippen molar-refractivity contribution in [1.29, 1.82) is 0 Å². The van der Waals surface area contributed by atoms with E-state index in [4.69, 9.17) is 4.74 Å². The third-order valence-electron chi connectivity index (χ3n) is 8.49. The Balaban J connectivity index is 1.28. The monoisotopic (exact) mass is 573 g/mol. The Hall–Kier alpha value is -4.38. The van der Waals surface area contributed by atoms with Gasteiger partial charge in [0, 0.05) is 42.4 Å². The molecule has 2 aromatic carbocycles. The minimum atomic E-state index is -1.54. The minimum absolute atomic E-state index is 0.0242. The van der Waals surface area contributed by atoms with Crippen LogP contribution in [-0.4, -0.2) is 76.5 Å². The highest BCUT2D eigenvalue weighted by Gasteiger charge is 2.40. The number of aromatic amines is 1. The second-order valence-corrected chi connectivity index (χ2v) is 11.4. The van der Waals surface area contributed by atoms with Crippen LogP contribution < -0.4 is 20.7 Å². The van der Waals surface area contributed by atoms with Crippen molar-refractivity contribution in [2.45, 2.75) is 62.9 Å². The summed E-state index contributed by atoms with van der Waals surface area (Å²) >= 11 is 0. The van der Waals surface area contributed by atoms with Crippen molar-refractivity contribution in [1.82, 2.24) is 25.8 Å². The topological polar surface area (TPSA) is 153 Å². The molecule has 220 valence electrons. The second kappa shape index (κ2) is 11.5. The van der Waals surface area contributed by atoms with Crippen molar-refractivity contribution in [3.63, 3.8) is 0 Å². The average Bonchev–Trinajstić information content (AvgIpc) is 3.55. The Morgan fingerprint density at radius 2 is 1.88 bits per heavy atom. The lowest BCUT2D eigenvalue weighted by Crippen LogP contribution is -2.58. The standard InChI is InChI=1S/C31H35N5O6/c1-42-26-8-4-7-22-21(26)15-24(34-22)31(41)36-16-19-6-3-2-5-17(19)14-25(36)29(39)35-23(13-18-11-12-32-28(18)38)27(37)30(40)33-20-9-10-20/h2-8,15,18,20,23,25,27,34,37H,9-14,16H2,1H3,(H,32,38)(H,33,40)(H,35,39)/t18-,23?,25-,27?/m0/s1. The zero-order chi connectivity index (χ0) is 29.4. The third kappa shape index (κ3) is 5.56. The molecule has 1 saturated heterocycles. The first-order chi connectivity index (χ1) is 20.3. The lowest BCUT2D eigenvalue weighted by atomic mass is 9.91. The molecule has 0 radical (unpaired) electrons. The summed E-state index contributed by atoms with van der Waals surface area (Å²) in [4.78, 5) is 57.8. The van der Waals surface area contributed by atoms with Crippen molar-refractivity contribution >= 4 is 34.5 Å². The van der Waals surface area contributed by atoms with Crippen LogP contribution in [-0.2, 0) is 27.3 Å². The summed E-state index contributed by atoms with van der Waals surface area (Å²) in [5.74, 6) is -1.41. The molecule has 3 aromatic rings. The van der Waals surface area contributed by atoms with Gasteiger partial charge in [0.05, 0.1) is 13.2 Å². The van der Waals surface area contributed by atoms with Gasteiger partial charge in [-0.25, -0.2) is 0 Å². The van der Waals surface area contributed by atoms with E-state index in [1.54, 1.807) is 13.2 Å². The number of carbonyl (C=O) groups excluding carboxylic acids is 4. The van der Waals surface area contributed by atoms with Crippen molar-refractivity contribution in [3.8, 4) is 5.75 Å². The van der Waals surface area contributed by atoms with Crippen LogP contribution in [0, 0.1) is 5.92 Å². The fraction of sp³-hybridized carbons (Fsp3) is 0.419. The summed E-state index contributed by atoms with van der Waals surface area (Å²) < 4.78 is 5.45. The minimum Gasteiger partial charge on any atom is -0.496 e. The molecule has 6 rings (SSSR count). The van der Waals surface area contributed by atoms with E-state index in [-0.39, 0.29) is 37.2 Å². The maximum absolute atomic E-state index is 14.0. The quantitative estimate of drug-likeness (QED) is 0.261. The molecule has 5 N–H and O–H groups in total. The number of ether oxygens (including phenoxy) is 1. The molecule has 11 nitrogen and oxygen atoms in total. The van der Waals surface area contributed by atoms with E-state index < -0.39 is 35.9 Å². The average molecular weight is 574 g/mol. The first-order valence-corrected chi connectivity index (χ1v) is 14.4. The summed E-state index contributed by atoms with van der Waals surface area (Å²) in [7, 11) is 1.57. The summed E-state index contributed by atoms with van der Waals surface area (Å²) in [6, 6.07) is 13.0. The molecular weight excluding hydrogens is 538 g/mol. The zero-order valence-corrected chi connectivity index (χ0v) is 23.4. The van der Waals surface area contributed by atoms with Gasteiger partial charge in [0.15, 0.2) is 6.10 Å². The van der Waals surface area contributed by atoms with Gasteiger partial charge in [0.25, 0.3) is 11.8 Å². The van der Waals surface area contributed by atoms with Gasteiger partial charge in [-0.05, 0) is 55.0 Å². The van der Waals surface area contributed by atoms with Crippen LogP contribution in [0.5, 0.6) is 5.75 Å². The van der Waals surface area contributed by atoms with Crippen LogP contribution >= 0.6 is 0 Å². The summed E-state index contributed by atoms with van der Waals surface area (Å²) in [5.41, 5.74) is 2.93. The Kier molecular flexibility index (Phi) is 7.59. The number of fused-ring (bicyclic) bond motifs is 2. The number of benzene rings is 2. The molecule has 1 aromatic heterocycles. The second-order valence-electron chi connectivity index (χ2n) is 11.4. The maximum atomic E-state index is 14.0. The van der Waals surface area contributed by atoms with Crippen LogP contribution in [0.2, 0.25) is 0 Å². The lowest BCUT2D eigenvalue weighted by molar-refractivity contribution is -0.135. The molecule has 0 spiro atoms. The number of hydrogen-bond acceptors (Lipinski definition) is 6. The van der Waals surface area contributed by atoms with E-state index in [0.29, 0.717) is 24.4 Å². The predicted octanol–water partition coefficient (Wildman–Crippen LogP) is 1.39. The SMILES string of the molecule is COc1cccc2[nH]c(C(=O)N3Cc4ccccc4C[C@H]3C(=O)NC(C[C@@H]3CCNC3=O)C(O)C(=O)NC3CC3)cc12. The van der Waals surface area contributed by atoms with Gasteiger partial charge < -0.3 is 35.7 Å². The van der Waals surface area contributed by atoms with Crippen LogP contribution in [0.1, 0.15) is 47.3 Å². The van der Waals surface area contributed by atoms with Crippen molar-refractivity contribution in [2.75, 3.05) is 13.7 Å². The van der Waals surface area contributed by atoms with Crippen molar-refractivity contribution in [2.24, 2.45) is 5.92 Å². The highest BCUT2D eigenvalue weighted by atomic mass is 16.5. The Labute approximate surface area is 243 Å². The number of amides is 4. The number of aliphatic hydroxyl groups is 1. The highest BCUT2D eigenvalue weighted by molar-refractivity contribution is 6.02. The molecule has 2 aliphatic heterocycles. The summed E-state index contributed by atoms with van der Waals surface area (Å²) in [5, 5.41) is 20.2. The van der Waals surface area contributed by atoms with Crippen molar-refractivity contribution < 1.29 is 29.0 Å². The number of aromatic nitrogens is 1. The van der Waals surface area contributed by atoms with Gasteiger partial charge in [-0.15, -0.1) is 0 Å². The van der Waals surface area contributed by atoms with Gasteiger partial charge in [-0.2, -0.15) is 0 Å². The molecule has 1 aliphatic carbocycles. The Bertz CT molecular complexity index is 1530. The van der Waals surface area contributed by atoms with Crippen LogP contribution in [0.15, 0.2) is 48.5 Å². The molecule has 4 amide bonds. The summed E-state index contributed by atoms with van der Waals surface area (Å²) in [6.07, 6.45) is 1.07. The number of nitrogens with one attached hydrogen (secondary N) is 4. The van der Waals surface area contributed by atoms with Gasteiger partial charge in [0.2, 0.25) is 11.8 Å². The van der Waals surface area contributed by atoms with Crippen molar-refractivity contribution in [3.05, 3.63) is 65.4 Å².